The zero-order valence-corrected chi connectivity index (χ0v) is 61.3. The van der Waals surface area contributed by atoms with Gasteiger partial charge in [0.25, 0.3) is 0 Å². The van der Waals surface area contributed by atoms with Crippen LogP contribution in [0, 0.1) is 0 Å². The van der Waals surface area contributed by atoms with Crippen molar-refractivity contribution in [2.45, 2.75) is 153 Å². The Balaban J connectivity index is 7.96. The predicted octanol–water partition coefficient (Wildman–Crippen LogP) is 8.69. The molecular weight excluding hydrogens is 1120 g/mol. The topological polar surface area (TPSA) is 185 Å². The maximum atomic E-state index is 7.52. The lowest BCUT2D eigenvalue weighted by Gasteiger charge is -2.48. The van der Waals surface area contributed by atoms with Gasteiger partial charge in [-0.25, -0.2) is 0 Å². The van der Waals surface area contributed by atoms with Crippen LogP contribution in [0.1, 0.15) is 0 Å². The van der Waals surface area contributed by atoms with Crippen LogP contribution >= 0.6 is 0 Å². The van der Waals surface area contributed by atoms with E-state index < -0.39 is 112 Å². The molecule has 0 radical (unpaired) electrons. The fourth-order valence-electron chi connectivity index (χ4n) is 8.32. The van der Waals surface area contributed by atoms with E-state index in [0.717, 1.165) is 0 Å². The highest BCUT2D eigenvalue weighted by Crippen LogP contribution is 2.38. The molecule has 20 nitrogen and oxygen atoms in total. The average molecular weight is 1220 g/mol. The van der Waals surface area contributed by atoms with Crippen LogP contribution in [0.25, 0.3) is 0 Å². The lowest BCUT2D eigenvalue weighted by molar-refractivity contribution is 0.101. The van der Waals surface area contributed by atoms with Crippen LogP contribution in [0.15, 0.2) is 0 Å². The van der Waals surface area contributed by atoms with Gasteiger partial charge in [0.05, 0.1) is 0 Å². The summed E-state index contributed by atoms with van der Waals surface area (Å²) in [6, 6.07) is 5.00. The highest BCUT2D eigenvalue weighted by atomic mass is 28.6. The van der Waals surface area contributed by atoms with E-state index in [1.807, 2.05) is 52.4 Å². The van der Waals surface area contributed by atoms with Gasteiger partial charge >= 0.3 is 78.5 Å². The van der Waals surface area contributed by atoms with Gasteiger partial charge in [-0.1, -0.05) is 0 Å². The molecule has 0 heterocycles. The maximum Gasteiger partial charge on any atom is 0.643 e. The van der Waals surface area contributed by atoms with E-state index in [9.17, 15) is 0 Å². The second-order valence-electron chi connectivity index (χ2n) is 21.1. The lowest BCUT2D eigenvalue weighted by Crippen LogP contribution is -2.70. The van der Waals surface area contributed by atoms with Crippen molar-refractivity contribution in [2.24, 2.45) is 0 Å². The van der Waals surface area contributed by atoms with Crippen LogP contribution in [-0.4, -0.2) is 197 Å². The quantitative estimate of drug-likeness (QED) is 0.0530. The Morgan fingerprint density at radius 1 is 0.188 bits per heavy atom. The minimum absolute atomic E-state index is 0.568. The van der Waals surface area contributed by atoms with E-state index in [1.54, 1.807) is 85.3 Å². The zero-order valence-electron chi connectivity index (χ0n) is 48.3. The molecule has 416 valence electrons. The normalized spacial score (nSPS) is 15.1. The number of hydrogen-bond acceptors (Lipinski definition) is 20. The molecule has 0 unspecified atom stereocenters. The molecule has 0 aromatic heterocycles. The van der Waals surface area contributed by atoms with Crippen LogP contribution in [0.4, 0.5) is 0 Å². The molecule has 0 spiro atoms. The summed E-state index contributed by atoms with van der Waals surface area (Å²) in [6.07, 6.45) is 0. The largest absolute Gasteiger partial charge is 0.643 e. The van der Waals surface area contributed by atoms with Gasteiger partial charge in [-0.05, 0) is 129 Å². The minimum Gasteiger partial charge on any atom is -0.436 e. The first kappa shape index (κ1) is 71.0. The fraction of sp³-hybridized carbons (Fsp3) is 1.00. The highest BCUT2D eigenvalue weighted by Gasteiger charge is 2.63. The van der Waals surface area contributed by atoms with Crippen molar-refractivity contribution >= 4 is 112 Å². The van der Waals surface area contributed by atoms with Crippen molar-refractivity contribution in [1.29, 1.82) is 0 Å². The van der Waals surface area contributed by atoms with Gasteiger partial charge in [0.2, 0.25) is 0 Å². The average Bonchev–Trinajstić information content (AvgIpc) is 3.21. The van der Waals surface area contributed by atoms with E-state index in [-0.39, 0.29) is 0 Å². The molecule has 0 rings (SSSR count). The molecule has 0 aliphatic heterocycles. The molecule has 0 atom stereocenters. The first-order valence-corrected chi connectivity index (χ1v) is 56.5. The van der Waals surface area contributed by atoms with Crippen LogP contribution in [-0.2, 0) is 86.0 Å². The molecule has 0 saturated carbocycles. The second kappa shape index (κ2) is 28.6. The van der Waals surface area contributed by atoms with Gasteiger partial charge in [0.1, 0.15) is 0 Å². The fourth-order valence-corrected chi connectivity index (χ4v) is 65.3. The third-order valence-electron chi connectivity index (χ3n) is 11.4. The summed E-state index contributed by atoms with van der Waals surface area (Å²) in [7, 11) is -20.1. The van der Waals surface area contributed by atoms with Gasteiger partial charge in [0, 0.05) is 109 Å². The van der Waals surface area contributed by atoms with E-state index in [2.05, 4.69) is 52.4 Å². The van der Waals surface area contributed by atoms with Crippen molar-refractivity contribution in [1.82, 2.24) is 0 Å². The Morgan fingerprint density at radius 2 is 0.319 bits per heavy atom. The molecule has 0 bridgehead atoms. The molecule has 0 saturated heterocycles. The number of rotatable bonds is 40. The van der Waals surface area contributed by atoms with Crippen molar-refractivity contribution < 1.29 is 86.0 Å². The van der Waals surface area contributed by atoms with Crippen molar-refractivity contribution in [2.75, 3.05) is 85.3 Å². The molecule has 0 amide bonds. The molecule has 0 aromatic rings. The third-order valence-corrected chi connectivity index (χ3v) is 58.7. The molecule has 0 aliphatic rings. The Labute approximate surface area is 433 Å². The molecule has 0 aliphatic carbocycles. The first-order chi connectivity index (χ1) is 31.2. The Kier molecular flexibility index (Phi) is 29.4. The highest BCUT2D eigenvalue weighted by molar-refractivity contribution is 6.95. The van der Waals surface area contributed by atoms with Gasteiger partial charge < -0.3 is 86.0 Å². The smallest absolute Gasteiger partial charge is 0.436 e. The van der Waals surface area contributed by atoms with E-state index >= 15 is 0 Å². The van der Waals surface area contributed by atoms with Crippen molar-refractivity contribution in [3.05, 3.63) is 0 Å². The second-order valence-corrected chi connectivity index (χ2v) is 68.3. The van der Waals surface area contributed by atoms with E-state index in [4.69, 9.17) is 86.0 Å². The van der Waals surface area contributed by atoms with Crippen LogP contribution in [0.2, 0.25) is 153 Å². The van der Waals surface area contributed by atoms with E-state index in [0.29, 0.717) is 48.4 Å². The molecule has 69 heavy (non-hydrogen) atoms. The van der Waals surface area contributed by atoms with Crippen LogP contribution in [0.5, 0.6) is 0 Å². The van der Waals surface area contributed by atoms with Crippen molar-refractivity contribution in [3.8, 4) is 0 Å². The van der Waals surface area contributed by atoms with Crippen LogP contribution < -0.4 is 0 Å². The zero-order chi connectivity index (χ0) is 54.3. The summed E-state index contributed by atoms with van der Waals surface area (Å²) in [5, 5.41) is 0. The summed E-state index contributed by atoms with van der Waals surface area (Å²) >= 11 is 0. The van der Waals surface area contributed by atoms with E-state index in [1.165, 1.54) is 0 Å². The molecule has 33 heteroatoms. The van der Waals surface area contributed by atoms with Gasteiger partial charge in [-0.2, -0.15) is 0 Å². The predicted molar refractivity (Wildman–Crippen MR) is 300 cm³/mol. The monoisotopic (exact) mass is 1220 g/mol. The summed E-state index contributed by atoms with van der Waals surface area (Å²) < 4.78 is 129. The molecule has 0 fully saturated rings. The van der Waals surface area contributed by atoms with Crippen molar-refractivity contribution in [3.63, 3.8) is 0 Å². The summed E-state index contributed by atoms with van der Waals surface area (Å²) in [6.45, 7) is 33.4. The lowest BCUT2D eigenvalue weighted by atomic mass is 10.9. The SMILES string of the molecule is CO[Si](CC[Si](C)(C)O[Si](C)(C)O[Si](O[Si](C)(C)O[Si](C)(C)CC[Si](OC)(OC)OC)(O[Si](C)(C)O[Si](C)(C)CC[Si](OC)(OC)OC)O[Si](C)(C)O[Si](C)(C)CC[Si](OC)(OC)OC)(OC)OC. The minimum atomic E-state index is -4.48. The summed E-state index contributed by atoms with van der Waals surface area (Å²) in [5.41, 5.74) is 0. The third kappa shape index (κ3) is 24.9. The first-order valence-electron chi connectivity index (χ1n) is 23.4. The number of hydrogen-bond donors (Lipinski definition) is 0. The molecule has 0 N–H and O–H groups in total. The summed E-state index contributed by atoms with van der Waals surface area (Å²) in [5.74, 6) is 0. The maximum absolute atomic E-state index is 7.52. The van der Waals surface area contributed by atoms with Gasteiger partial charge in [-0.15, -0.1) is 0 Å². The Hall–Kier alpha value is 2.02. The van der Waals surface area contributed by atoms with Gasteiger partial charge in [-0.3, -0.25) is 0 Å². The summed E-state index contributed by atoms with van der Waals surface area (Å²) in [4.78, 5) is 0. The Morgan fingerprint density at radius 3 is 0.435 bits per heavy atom. The molecular formula is C36H100O20Si13. The van der Waals surface area contributed by atoms with Gasteiger partial charge in [0.15, 0.2) is 33.3 Å². The molecule has 0 aromatic carbocycles. The van der Waals surface area contributed by atoms with Crippen LogP contribution in [0.3, 0.4) is 0 Å². The Bertz CT molecular complexity index is 1220. The standard InChI is InChI=1S/C36H100O20Si13/c1-37-65(38-2,39-3)33-29-57(13,14)49-61(21,22)53-69(54-62(23,24)50-58(15,16)30-34-66(40-4,41-5)42-6,55-63(25,26)51-59(17,18)31-35-67(43-7,44-8)45-9)56-64(27,28)52-60(19,20)32-36-68(46-10,47-11)48-12/h29-36H2,1-28H3.